The summed E-state index contributed by atoms with van der Waals surface area (Å²) in [4.78, 5) is 12.0. The quantitative estimate of drug-likeness (QED) is 0.570. The van der Waals surface area contributed by atoms with E-state index in [-0.39, 0.29) is 5.91 Å². The van der Waals surface area contributed by atoms with Crippen LogP contribution >= 0.6 is 0 Å². The van der Waals surface area contributed by atoms with Gasteiger partial charge in [0.15, 0.2) is 0 Å². The summed E-state index contributed by atoms with van der Waals surface area (Å²) in [6, 6.07) is 14.2. The molecule has 3 N–H and O–H groups in total. The Morgan fingerprint density at radius 2 is 1.86 bits per heavy atom. The van der Waals surface area contributed by atoms with Gasteiger partial charge in [0.05, 0.1) is 7.11 Å². The third kappa shape index (κ3) is 7.20. The fourth-order valence-electron chi connectivity index (χ4n) is 3.11. The number of amides is 1. The van der Waals surface area contributed by atoms with E-state index in [0.29, 0.717) is 12.5 Å². The van der Waals surface area contributed by atoms with Gasteiger partial charge in [-0.3, -0.25) is 4.79 Å². The maximum atomic E-state index is 12.0. The van der Waals surface area contributed by atoms with Gasteiger partial charge in [-0.2, -0.15) is 0 Å². The topological polar surface area (TPSA) is 64.3 Å². The summed E-state index contributed by atoms with van der Waals surface area (Å²) in [7, 11) is 1.64. The molecule has 4 nitrogen and oxygen atoms in total. The van der Waals surface area contributed by atoms with Gasteiger partial charge in [0, 0.05) is 12.2 Å². The monoisotopic (exact) mass is 380 g/mol. The van der Waals surface area contributed by atoms with Crippen molar-refractivity contribution in [2.24, 2.45) is 11.7 Å². The average Bonchev–Trinajstić information content (AvgIpc) is 2.70. The Morgan fingerprint density at radius 3 is 2.50 bits per heavy atom. The number of carbonyl (C=O) groups is 1. The van der Waals surface area contributed by atoms with Crippen molar-refractivity contribution >= 4 is 11.6 Å². The van der Waals surface area contributed by atoms with Crippen LogP contribution in [0.15, 0.2) is 54.6 Å². The first kappa shape index (κ1) is 21.7. The first-order valence-corrected chi connectivity index (χ1v) is 9.92. The molecule has 2 rings (SSSR count). The van der Waals surface area contributed by atoms with Gasteiger partial charge in [0.2, 0.25) is 5.91 Å². The molecule has 0 heterocycles. The molecule has 0 fully saturated rings. The Kier molecular flexibility index (Phi) is 8.76. The number of rotatable bonds is 10. The smallest absolute Gasteiger partial charge is 0.248 e. The van der Waals surface area contributed by atoms with Gasteiger partial charge in [-0.05, 0) is 79.5 Å². The number of hydrogen-bond acceptors (Lipinski definition) is 3. The van der Waals surface area contributed by atoms with Crippen LogP contribution in [0.2, 0.25) is 0 Å². The van der Waals surface area contributed by atoms with Crippen LogP contribution in [0.3, 0.4) is 0 Å². The molecule has 0 aliphatic carbocycles. The zero-order valence-corrected chi connectivity index (χ0v) is 17.2. The minimum Gasteiger partial charge on any atom is -0.496 e. The molecule has 0 aliphatic heterocycles. The van der Waals surface area contributed by atoms with Crippen molar-refractivity contribution in [2.75, 3.05) is 12.4 Å². The van der Waals surface area contributed by atoms with Crippen LogP contribution in [0, 0.1) is 12.8 Å². The third-order valence-corrected chi connectivity index (χ3v) is 4.94. The summed E-state index contributed by atoms with van der Waals surface area (Å²) < 4.78 is 5.23. The minimum absolute atomic E-state index is 0.0998. The predicted molar refractivity (Wildman–Crippen MR) is 117 cm³/mol. The molecule has 0 spiro atoms. The van der Waals surface area contributed by atoms with Gasteiger partial charge in [0.1, 0.15) is 5.75 Å². The fraction of sp³-hybridized carbons (Fsp3) is 0.375. The Labute approximate surface area is 168 Å². The number of aryl methyl sites for hydroxylation is 2. The zero-order valence-electron chi connectivity index (χ0n) is 17.2. The number of benzene rings is 2. The Morgan fingerprint density at radius 1 is 1.14 bits per heavy atom. The van der Waals surface area contributed by atoms with Gasteiger partial charge >= 0.3 is 0 Å². The number of nitrogens with two attached hydrogens (primary N) is 1. The lowest BCUT2D eigenvalue weighted by Crippen LogP contribution is -2.08. The molecule has 0 aromatic heterocycles. The van der Waals surface area contributed by atoms with Gasteiger partial charge in [-0.15, -0.1) is 0 Å². The van der Waals surface area contributed by atoms with Crippen molar-refractivity contribution in [3.8, 4) is 5.75 Å². The second-order valence-corrected chi connectivity index (χ2v) is 7.32. The lowest BCUT2D eigenvalue weighted by molar-refractivity contribution is -0.111. The Balaban J connectivity index is 1.68. The van der Waals surface area contributed by atoms with Gasteiger partial charge in [0.25, 0.3) is 0 Å². The van der Waals surface area contributed by atoms with Crippen LogP contribution in [0.1, 0.15) is 42.9 Å². The van der Waals surface area contributed by atoms with Crippen molar-refractivity contribution in [3.63, 3.8) is 0 Å². The molecule has 0 saturated carbocycles. The molecule has 1 atom stereocenters. The van der Waals surface area contributed by atoms with Crippen molar-refractivity contribution < 1.29 is 9.53 Å². The van der Waals surface area contributed by atoms with Crippen LogP contribution in [-0.2, 0) is 17.8 Å². The van der Waals surface area contributed by atoms with E-state index in [1.807, 2.05) is 31.2 Å². The van der Waals surface area contributed by atoms with Crippen LogP contribution < -0.4 is 15.8 Å². The van der Waals surface area contributed by atoms with Crippen molar-refractivity contribution in [1.82, 2.24) is 0 Å². The molecule has 1 unspecified atom stereocenters. The maximum absolute atomic E-state index is 12.0. The number of anilines is 1. The number of carbonyl (C=O) groups excluding carboxylic acids is 1. The normalized spacial score (nSPS) is 12.1. The summed E-state index contributed by atoms with van der Waals surface area (Å²) in [5.74, 6) is 1.33. The van der Waals surface area contributed by atoms with Crippen molar-refractivity contribution in [3.05, 3.63) is 71.3 Å². The van der Waals surface area contributed by atoms with Crippen LogP contribution in [0.4, 0.5) is 5.69 Å². The molecule has 0 radical (unpaired) electrons. The molecule has 2 aromatic carbocycles. The van der Waals surface area contributed by atoms with Gasteiger partial charge in [-0.1, -0.05) is 37.3 Å². The summed E-state index contributed by atoms with van der Waals surface area (Å²) in [5.41, 5.74) is 9.94. The van der Waals surface area contributed by atoms with Crippen molar-refractivity contribution in [2.45, 2.75) is 46.1 Å². The van der Waals surface area contributed by atoms with E-state index < -0.39 is 0 Å². The standard InChI is InChI=1S/C24H32N2O2/c1-18(8-9-20-10-12-21(17-25)13-11-20)6-4-5-7-24(27)26-22-14-15-23(28-3)19(2)16-22/h5,7,10-16,18H,4,6,8-9,17,25H2,1-3H3,(H,26,27)/b7-5+. The molecule has 28 heavy (non-hydrogen) atoms. The van der Waals surface area contributed by atoms with E-state index in [0.717, 1.165) is 42.7 Å². The van der Waals surface area contributed by atoms with Crippen molar-refractivity contribution in [1.29, 1.82) is 0 Å². The average molecular weight is 381 g/mol. The van der Waals surface area contributed by atoms with Crippen LogP contribution in [0.25, 0.3) is 0 Å². The minimum atomic E-state index is -0.0998. The second kappa shape index (κ2) is 11.3. The molecule has 4 heteroatoms. The number of ether oxygens (including phenoxy) is 1. The number of nitrogens with one attached hydrogen (secondary N) is 1. The van der Waals surface area contributed by atoms with E-state index >= 15 is 0 Å². The molecule has 2 aromatic rings. The molecule has 0 saturated heterocycles. The largest absolute Gasteiger partial charge is 0.496 e. The fourth-order valence-corrected chi connectivity index (χ4v) is 3.11. The third-order valence-electron chi connectivity index (χ3n) is 4.94. The maximum Gasteiger partial charge on any atom is 0.248 e. The van der Waals surface area contributed by atoms with Crippen LogP contribution in [0.5, 0.6) is 5.75 Å². The van der Waals surface area contributed by atoms with E-state index in [2.05, 4.69) is 36.5 Å². The van der Waals surface area contributed by atoms with E-state index in [1.165, 1.54) is 11.1 Å². The van der Waals surface area contributed by atoms with E-state index in [9.17, 15) is 4.79 Å². The Bertz CT molecular complexity index is 782. The molecular formula is C24H32N2O2. The molecular weight excluding hydrogens is 348 g/mol. The lowest BCUT2D eigenvalue weighted by atomic mass is 9.96. The number of hydrogen-bond donors (Lipinski definition) is 2. The molecule has 0 aliphatic rings. The number of allylic oxidation sites excluding steroid dienone is 1. The van der Waals surface area contributed by atoms with Crippen LogP contribution in [-0.4, -0.2) is 13.0 Å². The summed E-state index contributed by atoms with van der Waals surface area (Å²) in [6.45, 7) is 4.81. The highest BCUT2D eigenvalue weighted by molar-refractivity contribution is 5.99. The SMILES string of the molecule is COc1ccc(NC(=O)/C=C/CCC(C)CCc2ccc(CN)cc2)cc1C. The van der Waals surface area contributed by atoms with Gasteiger partial charge < -0.3 is 15.8 Å². The highest BCUT2D eigenvalue weighted by atomic mass is 16.5. The molecule has 150 valence electrons. The summed E-state index contributed by atoms with van der Waals surface area (Å²) in [5, 5.41) is 2.89. The Hall–Kier alpha value is -2.59. The second-order valence-electron chi connectivity index (χ2n) is 7.32. The summed E-state index contributed by atoms with van der Waals surface area (Å²) >= 11 is 0. The summed E-state index contributed by atoms with van der Waals surface area (Å²) in [6.07, 6.45) is 7.78. The highest BCUT2D eigenvalue weighted by Gasteiger charge is 2.04. The lowest BCUT2D eigenvalue weighted by Gasteiger charge is -2.10. The van der Waals surface area contributed by atoms with E-state index in [4.69, 9.17) is 10.5 Å². The highest BCUT2D eigenvalue weighted by Crippen LogP contribution is 2.21. The zero-order chi connectivity index (χ0) is 20.4. The first-order valence-electron chi connectivity index (χ1n) is 9.92. The van der Waals surface area contributed by atoms with E-state index in [1.54, 1.807) is 13.2 Å². The molecule has 0 bridgehead atoms. The number of methoxy groups -OCH3 is 1. The molecule has 1 amide bonds. The predicted octanol–water partition coefficient (Wildman–Crippen LogP) is 5.01. The van der Waals surface area contributed by atoms with Gasteiger partial charge in [-0.25, -0.2) is 0 Å². The first-order chi connectivity index (χ1) is 13.5.